The molecule has 0 aromatic heterocycles. The molecule has 8 nitrogen and oxygen atoms in total. The number of hydrogen-bond donors (Lipinski definition) is 2. The number of nitrogens with one attached hydrogen (secondary N) is 1. The number of carboxylic acids is 1. The molecule has 0 aliphatic rings. The topological polar surface area (TPSA) is 103 Å². The van der Waals surface area contributed by atoms with Gasteiger partial charge in [0.2, 0.25) is 0 Å². The van der Waals surface area contributed by atoms with Crippen molar-refractivity contribution >= 4 is 12.1 Å². The van der Waals surface area contributed by atoms with Crippen LogP contribution in [0.1, 0.15) is 26.3 Å². The molecule has 2 N–H and O–H groups in total. The number of aliphatic carboxylic acids is 1. The predicted molar refractivity (Wildman–Crippen MR) is 94.9 cm³/mol. The highest BCUT2D eigenvalue weighted by Gasteiger charge is 2.24. The molecule has 1 atom stereocenters. The standard InChI is InChI=1S/C18H27NO7/c1-18(2,3)26-17(22)19-13(16(20)21)10-12-6-7-14(15(11-12)24-5)25-9-8-23-4/h6-7,11,13H,8-10H2,1-5H3,(H,19,22)(H,20,21). The molecule has 26 heavy (non-hydrogen) atoms. The number of carboxylic acid groups (broad SMARTS) is 1. The minimum atomic E-state index is -1.16. The third-order valence-electron chi connectivity index (χ3n) is 3.20. The van der Waals surface area contributed by atoms with E-state index >= 15 is 0 Å². The molecule has 146 valence electrons. The molecule has 0 aliphatic carbocycles. The molecule has 0 aliphatic heterocycles. The quantitative estimate of drug-likeness (QED) is 0.643. The molecule has 0 bridgehead atoms. The van der Waals surface area contributed by atoms with Crippen molar-refractivity contribution in [1.82, 2.24) is 5.32 Å². The van der Waals surface area contributed by atoms with Crippen molar-refractivity contribution in [2.24, 2.45) is 0 Å². The fraction of sp³-hybridized carbons (Fsp3) is 0.556. The third kappa shape index (κ3) is 7.60. The molecular formula is C18H27NO7. The number of carbonyl (C=O) groups is 2. The lowest BCUT2D eigenvalue weighted by atomic mass is 10.1. The number of alkyl carbamates (subject to hydrolysis) is 1. The highest BCUT2D eigenvalue weighted by molar-refractivity contribution is 5.80. The fourth-order valence-corrected chi connectivity index (χ4v) is 2.08. The maximum absolute atomic E-state index is 11.8. The first kappa shape index (κ1) is 21.6. The van der Waals surface area contributed by atoms with E-state index in [1.54, 1.807) is 46.1 Å². The van der Waals surface area contributed by atoms with Crippen LogP contribution in [0.4, 0.5) is 4.79 Å². The summed E-state index contributed by atoms with van der Waals surface area (Å²) in [6.45, 7) is 5.91. The first-order chi connectivity index (χ1) is 12.2. The summed E-state index contributed by atoms with van der Waals surface area (Å²) in [5, 5.41) is 11.7. The number of amides is 1. The Morgan fingerprint density at radius 2 is 1.85 bits per heavy atom. The van der Waals surface area contributed by atoms with Gasteiger partial charge in [-0.05, 0) is 38.5 Å². The molecule has 0 radical (unpaired) electrons. The summed E-state index contributed by atoms with van der Waals surface area (Å²) in [5.41, 5.74) is -0.0400. The summed E-state index contributed by atoms with van der Waals surface area (Å²) in [4.78, 5) is 23.3. The van der Waals surface area contributed by atoms with Crippen LogP contribution in [0.25, 0.3) is 0 Å². The van der Waals surface area contributed by atoms with Crippen molar-refractivity contribution in [3.63, 3.8) is 0 Å². The zero-order valence-corrected chi connectivity index (χ0v) is 15.8. The Morgan fingerprint density at radius 1 is 1.15 bits per heavy atom. The van der Waals surface area contributed by atoms with Crippen molar-refractivity contribution in [3.05, 3.63) is 23.8 Å². The van der Waals surface area contributed by atoms with E-state index in [1.165, 1.54) is 7.11 Å². The van der Waals surface area contributed by atoms with Crippen molar-refractivity contribution in [2.75, 3.05) is 27.4 Å². The summed E-state index contributed by atoms with van der Waals surface area (Å²) in [6, 6.07) is 3.96. The number of ether oxygens (including phenoxy) is 4. The minimum absolute atomic E-state index is 0.0727. The van der Waals surface area contributed by atoms with Crippen LogP contribution < -0.4 is 14.8 Å². The SMILES string of the molecule is COCCOc1ccc(CC(NC(=O)OC(C)(C)C)C(=O)O)cc1OC. The van der Waals surface area contributed by atoms with Gasteiger partial charge in [0.05, 0.1) is 13.7 Å². The second-order valence-electron chi connectivity index (χ2n) is 6.57. The van der Waals surface area contributed by atoms with Crippen LogP contribution in [-0.4, -0.2) is 56.2 Å². The van der Waals surface area contributed by atoms with Gasteiger partial charge in [0.25, 0.3) is 0 Å². The van der Waals surface area contributed by atoms with Gasteiger partial charge in [-0.2, -0.15) is 0 Å². The zero-order chi connectivity index (χ0) is 19.7. The second-order valence-corrected chi connectivity index (χ2v) is 6.57. The average Bonchev–Trinajstić information content (AvgIpc) is 2.53. The van der Waals surface area contributed by atoms with E-state index in [0.29, 0.717) is 30.3 Å². The highest BCUT2D eigenvalue weighted by Crippen LogP contribution is 2.28. The largest absolute Gasteiger partial charge is 0.493 e. The van der Waals surface area contributed by atoms with E-state index in [2.05, 4.69) is 5.32 Å². The normalized spacial score (nSPS) is 12.2. The molecule has 0 spiro atoms. The average molecular weight is 369 g/mol. The summed E-state index contributed by atoms with van der Waals surface area (Å²) in [5.74, 6) is -0.157. The zero-order valence-electron chi connectivity index (χ0n) is 15.8. The monoisotopic (exact) mass is 369 g/mol. The van der Waals surface area contributed by atoms with E-state index in [0.717, 1.165) is 0 Å². The number of hydrogen-bond acceptors (Lipinski definition) is 6. The van der Waals surface area contributed by atoms with E-state index in [9.17, 15) is 14.7 Å². The third-order valence-corrected chi connectivity index (χ3v) is 3.20. The molecule has 1 aromatic carbocycles. The molecule has 1 unspecified atom stereocenters. The number of carbonyl (C=O) groups excluding carboxylic acids is 1. The van der Waals surface area contributed by atoms with Crippen molar-refractivity contribution in [3.8, 4) is 11.5 Å². The Hall–Kier alpha value is -2.48. The van der Waals surface area contributed by atoms with Crippen LogP contribution in [0.15, 0.2) is 18.2 Å². The molecule has 0 fully saturated rings. The molecule has 1 amide bonds. The lowest BCUT2D eigenvalue weighted by Crippen LogP contribution is -2.44. The van der Waals surface area contributed by atoms with E-state index in [1.807, 2.05) is 0 Å². The van der Waals surface area contributed by atoms with E-state index < -0.39 is 23.7 Å². The van der Waals surface area contributed by atoms with Crippen LogP contribution in [-0.2, 0) is 20.7 Å². The smallest absolute Gasteiger partial charge is 0.408 e. The maximum Gasteiger partial charge on any atom is 0.408 e. The van der Waals surface area contributed by atoms with Gasteiger partial charge in [-0.15, -0.1) is 0 Å². The lowest BCUT2D eigenvalue weighted by molar-refractivity contribution is -0.139. The molecule has 1 rings (SSSR count). The Balaban J connectivity index is 2.82. The molecule has 0 saturated heterocycles. The highest BCUT2D eigenvalue weighted by atomic mass is 16.6. The summed E-state index contributed by atoms with van der Waals surface area (Å²) in [7, 11) is 3.07. The number of rotatable bonds is 9. The van der Waals surface area contributed by atoms with Gasteiger partial charge in [-0.25, -0.2) is 9.59 Å². The van der Waals surface area contributed by atoms with Crippen LogP contribution in [0.5, 0.6) is 11.5 Å². The minimum Gasteiger partial charge on any atom is -0.493 e. The molecule has 8 heteroatoms. The first-order valence-electron chi connectivity index (χ1n) is 8.17. The predicted octanol–water partition coefficient (Wildman–Crippen LogP) is 2.24. The summed E-state index contributed by atoms with van der Waals surface area (Å²) < 4.78 is 20.9. The van der Waals surface area contributed by atoms with Gasteiger partial charge in [0.15, 0.2) is 11.5 Å². The Kier molecular flexibility index (Phi) is 8.18. The maximum atomic E-state index is 11.8. The Bertz CT molecular complexity index is 610. The summed E-state index contributed by atoms with van der Waals surface area (Å²) in [6.07, 6.45) is -0.708. The van der Waals surface area contributed by atoms with Crippen LogP contribution in [0, 0.1) is 0 Å². The second kappa shape index (κ2) is 9.86. The van der Waals surface area contributed by atoms with Gasteiger partial charge in [0.1, 0.15) is 18.2 Å². The van der Waals surface area contributed by atoms with Crippen LogP contribution in [0.3, 0.4) is 0 Å². The van der Waals surface area contributed by atoms with Crippen molar-refractivity contribution in [1.29, 1.82) is 0 Å². The number of benzene rings is 1. The van der Waals surface area contributed by atoms with Crippen molar-refractivity contribution < 1.29 is 33.6 Å². The van der Waals surface area contributed by atoms with Gasteiger partial charge in [0, 0.05) is 13.5 Å². The molecular weight excluding hydrogens is 342 g/mol. The van der Waals surface area contributed by atoms with E-state index in [4.69, 9.17) is 18.9 Å². The van der Waals surface area contributed by atoms with Gasteiger partial charge in [-0.3, -0.25) is 0 Å². The van der Waals surface area contributed by atoms with Crippen molar-refractivity contribution in [2.45, 2.75) is 38.8 Å². The van der Waals surface area contributed by atoms with Crippen LogP contribution >= 0.6 is 0 Å². The molecule has 1 aromatic rings. The summed E-state index contributed by atoms with van der Waals surface area (Å²) >= 11 is 0. The van der Waals surface area contributed by atoms with Gasteiger partial charge in [-0.1, -0.05) is 6.07 Å². The van der Waals surface area contributed by atoms with Crippen LogP contribution in [0.2, 0.25) is 0 Å². The first-order valence-corrected chi connectivity index (χ1v) is 8.17. The number of methoxy groups -OCH3 is 2. The molecule has 0 saturated carbocycles. The van der Waals surface area contributed by atoms with E-state index in [-0.39, 0.29) is 6.42 Å². The molecule has 0 heterocycles. The van der Waals surface area contributed by atoms with Gasteiger partial charge < -0.3 is 29.4 Å². The Labute approximate surface area is 153 Å². The Morgan fingerprint density at radius 3 is 2.38 bits per heavy atom. The fourth-order valence-electron chi connectivity index (χ4n) is 2.08. The lowest BCUT2D eigenvalue weighted by Gasteiger charge is -2.22. The van der Waals surface area contributed by atoms with Gasteiger partial charge >= 0.3 is 12.1 Å².